The summed E-state index contributed by atoms with van der Waals surface area (Å²) in [4.78, 5) is 10.9. The lowest BCUT2D eigenvalue weighted by Gasteiger charge is -2.04. The molecule has 2 aromatic rings. The molecule has 0 amide bonds. The largest absolute Gasteiger partial charge is 0.480 e. The maximum absolute atomic E-state index is 10.9. The molecule has 1 aromatic heterocycles. The Bertz CT molecular complexity index is 595. The Morgan fingerprint density at radius 3 is 2.67 bits per heavy atom. The van der Waals surface area contributed by atoms with Gasteiger partial charge >= 0.3 is 5.97 Å². The monoisotopic (exact) mass is 291 g/mol. The van der Waals surface area contributed by atoms with E-state index in [1.165, 1.54) is 0 Å². The van der Waals surface area contributed by atoms with Gasteiger partial charge < -0.3 is 25.4 Å². The van der Waals surface area contributed by atoms with E-state index in [-0.39, 0.29) is 13.2 Å². The molecule has 1 heterocycles. The highest BCUT2D eigenvalue weighted by Gasteiger charge is 2.09. The molecule has 0 saturated heterocycles. The van der Waals surface area contributed by atoms with Gasteiger partial charge in [-0.2, -0.15) is 0 Å². The summed E-state index contributed by atoms with van der Waals surface area (Å²) in [7, 11) is 0. The minimum atomic E-state index is -0.844. The Morgan fingerprint density at radius 2 is 1.90 bits per heavy atom. The highest BCUT2D eigenvalue weighted by molar-refractivity contribution is 5.85. The fraction of sp³-hybridized carbons (Fsp3) is 0.400. The van der Waals surface area contributed by atoms with Crippen LogP contribution >= 0.6 is 0 Å². The van der Waals surface area contributed by atoms with Gasteiger partial charge in [-0.05, 0) is 11.6 Å². The van der Waals surface area contributed by atoms with Gasteiger partial charge in [-0.15, -0.1) is 0 Å². The first-order valence-corrected chi connectivity index (χ1v) is 7.03. The Kier molecular flexibility index (Phi) is 5.74. The Hall–Kier alpha value is -1.89. The van der Waals surface area contributed by atoms with Gasteiger partial charge in [0.25, 0.3) is 0 Å². The Labute approximate surface area is 123 Å². The van der Waals surface area contributed by atoms with Gasteiger partial charge in [-0.1, -0.05) is 18.2 Å². The third-order valence-electron chi connectivity index (χ3n) is 3.26. The predicted molar refractivity (Wildman–Crippen MR) is 81.2 cm³/mol. The molecule has 0 aliphatic carbocycles. The van der Waals surface area contributed by atoms with Crippen molar-refractivity contribution in [3.05, 3.63) is 36.0 Å². The average Bonchev–Trinajstić information content (AvgIpc) is 2.81. The van der Waals surface area contributed by atoms with Crippen molar-refractivity contribution < 1.29 is 15.0 Å². The number of aliphatic carboxylic acids is 1. The van der Waals surface area contributed by atoms with Gasteiger partial charge in [-0.3, -0.25) is 4.79 Å². The number of hydrogen-bond donors (Lipinski definition) is 4. The minimum Gasteiger partial charge on any atom is -0.480 e. The fourth-order valence-corrected chi connectivity index (χ4v) is 2.34. The summed E-state index contributed by atoms with van der Waals surface area (Å²) in [5.41, 5.74) is 2.03. The second-order valence-electron chi connectivity index (χ2n) is 4.84. The number of nitrogens with one attached hydrogen (secondary N) is 2. The maximum Gasteiger partial charge on any atom is 0.323 e. The molecule has 0 atom stereocenters. The Morgan fingerprint density at radius 1 is 1.14 bits per heavy atom. The highest BCUT2D eigenvalue weighted by atomic mass is 16.4. The normalized spacial score (nSPS) is 11.1. The molecule has 0 unspecified atom stereocenters. The van der Waals surface area contributed by atoms with Gasteiger partial charge in [0.1, 0.15) is 6.54 Å². The van der Waals surface area contributed by atoms with E-state index >= 15 is 0 Å². The molecule has 2 rings (SSSR count). The number of para-hydroxylation sites is 1. The molecule has 21 heavy (non-hydrogen) atoms. The number of benzene rings is 1. The van der Waals surface area contributed by atoms with E-state index in [2.05, 4.69) is 10.6 Å². The molecule has 4 N–H and O–H groups in total. The number of aliphatic hydroxyl groups excluding tert-OH is 1. The van der Waals surface area contributed by atoms with Crippen LogP contribution in [-0.4, -0.2) is 47.0 Å². The van der Waals surface area contributed by atoms with Gasteiger partial charge in [-0.25, -0.2) is 0 Å². The first-order chi connectivity index (χ1) is 10.2. The fourth-order valence-electron chi connectivity index (χ4n) is 2.34. The van der Waals surface area contributed by atoms with Crippen molar-refractivity contribution in [2.45, 2.75) is 13.1 Å². The van der Waals surface area contributed by atoms with Crippen LogP contribution < -0.4 is 10.6 Å². The summed E-state index contributed by atoms with van der Waals surface area (Å²) < 4.78 is 1.76. The topological polar surface area (TPSA) is 86.5 Å². The minimum absolute atomic E-state index is 0.0292. The van der Waals surface area contributed by atoms with Crippen molar-refractivity contribution in [3.63, 3.8) is 0 Å². The molecule has 0 spiro atoms. The SMILES string of the molecule is O=C(O)Cn1cc(CNCCNCCO)c2ccccc21. The van der Waals surface area contributed by atoms with E-state index in [0.717, 1.165) is 29.6 Å². The summed E-state index contributed by atoms with van der Waals surface area (Å²) in [6.07, 6.45) is 1.90. The zero-order chi connectivity index (χ0) is 15.1. The number of hydrogen-bond acceptors (Lipinski definition) is 4. The number of rotatable bonds is 9. The molecule has 6 nitrogen and oxygen atoms in total. The van der Waals surface area contributed by atoms with Crippen molar-refractivity contribution in [1.29, 1.82) is 0 Å². The first kappa shape index (κ1) is 15.5. The second kappa shape index (κ2) is 7.78. The summed E-state index contributed by atoms with van der Waals surface area (Å²) in [6, 6.07) is 7.82. The van der Waals surface area contributed by atoms with E-state index in [1.54, 1.807) is 4.57 Å². The van der Waals surface area contributed by atoms with Crippen LogP contribution in [0.3, 0.4) is 0 Å². The predicted octanol–water partition coefficient (Wildman–Crippen LogP) is 0.397. The summed E-state index contributed by atoms with van der Waals surface area (Å²) >= 11 is 0. The molecular formula is C15H21N3O3. The quantitative estimate of drug-likeness (QED) is 0.502. The molecule has 0 saturated carbocycles. The highest BCUT2D eigenvalue weighted by Crippen LogP contribution is 2.21. The average molecular weight is 291 g/mol. The lowest BCUT2D eigenvalue weighted by Crippen LogP contribution is -2.28. The summed E-state index contributed by atoms with van der Waals surface area (Å²) in [5.74, 6) is -0.844. The van der Waals surface area contributed by atoms with Gasteiger partial charge in [0.2, 0.25) is 0 Å². The van der Waals surface area contributed by atoms with Crippen LogP contribution in [0.5, 0.6) is 0 Å². The van der Waals surface area contributed by atoms with Crippen LogP contribution in [0.15, 0.2) is 30.5 Å². The number of carboxylic acid groups (broad SMARTS) is 1. The van der Waals surface area contributed by atoms with E-state index in [1.807, 2.05) is 30.5 Å². The van der Waals surface area contributed by atoms with Crippen LogP contribution in [0.1, 0.15) is 5.56 Å². The molecule has 0 bridgehead atoms. The molecular weight excluding hydrogens is 270 g/mol. The third-order valence-corrected chi connectivity index (χ3v) is 3.26. The van der Waals surface area contributed by atoms with Crippen LogP contribution in [0.25, 0.3) is 10.9 Å². The van der Waals surface area contributed by atoms with Gasteiger partial charge in [0.05, 0.1) is 6.61 Å². The van der Waals surface area contributed by atoms with Crippen LogP contribution in [0.4, 0.5) is 0 Å². The molecule has 0 radical (unpaired) electrons. The first-order valence-electron chi connectivity index (χ1n) is 7.03. The molecule has 0 fully saturated rings. The second-order valence-corrected chi connectivity index (χ2v) is 4.84. The molecule has 0 aliphatic heterocycles. The molecule has 6 heteroatoms. The number of aromatic nitrogens is 1. The van der Waals surface area contributed by atoms with E-state index < -0.39 is 5.97 Å². The number of fused-ring (bicyclic) bond motifs is 1. The van der Waals surface area contributed by atoms with Crippen LogP contribution in [0, 0.1) is 0 Å². The van der Waals surface area contributed by atoms with Crippen molar-refractivity contribution in [3.8, 4) is 0 Å². The van der Waals surface area contributed by atoms with Gasteiger partial charge in [0.15, 0.2) is 0 Å². The van der Waals surface area contributed by atoms with Crippen molar-refractivity contribution in [2.75, 3.05) is 26.2 Å². The van der Waals surface area contributed by atoms with Crippen molar-refractivity contribution >= 4 is 16.9 Å². The maximum atomic E-state index is 10.9. The smallest absolute Gasteiger partial charge is 0.323 e. The standard InChI is InChI=1S/C15H21N3O3/c19-8-7-16-5-6-17-9-12-10-18(11-15(20)21)14-4-2-1-3-13(12)14/h1-4,10,16-17,19H,5-9,11H2,(H,20,21). The molecule has 114 valence electrons. The van der Waals surface area contributed by atoms with E-state index in [9.17, 15) is 4.79 Å². The Balaban J connectivity index is 2.00. The number of aliphatic hydroxyl groups is 1. The van der Waals surface area contributed by atoms with Crippen LogP contribution in [-0.2, 0) is 17.9 Å². The summed E-state index contributed by atoms with van der Waals surface area (Å²) in [6.45, 7) is 2.97. The number of carbonyl (C=O) groups is 1. The lowest BCUT2D eigenvalue weighted by atomic mass is 10.2. The van der Waals surface area contributed by atoms with Gasteiger partial charge in [0, 0.05) is 43.3 Å². The lowest BCUT2D eigenvalue weighted by molar-refractivity contribution is -0.137. The zero-order valence-corrected chi connectivity index (χ0v) is 11.9. The molecule has 1 aromatic carbocycles. The number of carboxylic acids is 1. The number of nitrogens with zero attached hydrogens (tertiary/aromatic N) is 1. The van der Waals surface area contributed by atoms with Crippen molar-refractivity contribution in [2.24, 2.45) is 0 Å². The summed E-state index contributed by atoms with van der Waals surface area (Å²) in [5, 5.41) is 25.1. The third kappa shape index (κ3) is 4.29. The van der Waals surface area contributed by atoms with Crippen LogP contribution in [0.2, 0.25) is 0 Å². The zero-order valence-electron chi connectivity index (χ0n) is 11.9. The molecule has 0 aliphatic rings. The van der Waals surface area contributed by atoms with Crippen molar-refractivity contribution in [1.82, 2.24) is 15.2 Å². The van der Waals surface area contributed by atoms with E-state index in [4.69, 9.17) is 10.2 Å². The van der Waals surface area contributed by atoms with E-state index in [0.29, 0.717) is 13.1 Å².